The molecule has 1 amide bonds. The summed E-state index contributed by atoms with van der Waals surface area (Å²) >= 11 is 0. The molecule has 2 aliphatic rings. The fraction of sp³-hybridized carbons (Fsp3) is 0.542. The Labute approximate surface area is 179 Å². The van der Waals surface area contributed by atoms with Gasteiger partial charge in [-0.15, -0.1) is 0 Å². The van der Waals surface area contributed by atoms with Gasteiger partial charge in [0.15, 0.2) is 0 Å². The molecule has 4 rings (SSSR count). The van der Waals surface area contributed by atoms with Gasteiger partial charge in [0, 0.05) is 51.4 Å². The molecule has 0 saturated carbocycles. The minimum Gasteiger partial charge on any atom is -0.508 e. The summed E-state index contributed by atoms with van der Waals surface area (Å²) in [6, 6.07) is 9.70. The van der Waals surface area contributed by atoms with Crippen molar-refractivity contribution in [1.29, 1.82) is 0 Å². The van der Waals surface area contributed by atoms with Crippen LogP contribution in [0.3, 0.4) is 0 Å². The third-order valence-corrected chi connectivity index (χ3v) is 6.48. The zero-order valence-electron chi connectivity index (χ0n) is 18.0. The van der Waals surface area contributed by atoms with E-state index in [-0.39, 0.29) is 5.91 Å². The molecule has 2 saturated heterocycles. The van der Waals surface area contributed by atoms with Crippen LogP contribution in [0.25, 0.3) is 10.8 Å². The number of piperazine rings is 1. The molecular weight excluding hydrogens is 378 g/mol. The molecule has 0 aromatic heterocycles. The van der Waals surface area contributed by atoms with Gasteiger partial charge in [-0.05, 0) is 41.8 Å². The molecule has 30 heavy (non-hydrogen) atoms. The van der Waals surface area contributed by atoms with Crippen molar-refractivity contribution in [2.24, 2.45) is 0 Å². The highest BCUT2D eigenvalue weighted by molar-refractivity contribution is 5.89. The number of phenolic OH excluding ortho intramolecular Hbond substituents is 1. The normalized spacial score (nSPS) is 19.0. The molecule has 162 valence electrons. The first kappa shape index (κ1) is 20.9. The van der Waals surface area contributed by atoms with E-state index < -0.39 is 0 Å². The van der Waals surface area contributed by atoms with Crippen molar-refractivity contribution in [3.05, 3.63) is 35.9 Å². The van der Waals surface area contributed by atoms with Crippen molar-refractivity contribution in [3.63, 3.8) is 0 Å². The minimum absolute atomic E-state index is 0.282. The molecule has 6 heteroatoms. The first-order valence-corrected chi connectivity index (χ1v) is 11.1. The zero-order chi connectivity index (χ0) is 20.9. The summed E-state index contributed by atoms with van der Waals surface area (Å²) in [5.41, 5.74) is 0.945. The van der Waals surface area contributed by atoms with Crippen molar-refractivity contribution in [3.8, 4) is 11.5 Å². The lowest BCUT2D eigenvalue weighted by Crippen LogP contribution is -2.49. The van der Waals surface area contributed by atoms with Crippen molar-refractivity contribution >= 4 is 16.7 Å². The van der Waals surface area contributed by atoms with Gasteiger partial charge in [0.05, 0.1) is 13.7 Å². The summed E-state index contributed by atoms with van der Waals surface area (Å²) < 4.78 is 5.38. The smallest absolute Gasteiger partial charge is 0.236 e. The van der Waals surface area contributed by atoms with Gasteiger partial charge in [0.1, 0.15) is 11.5 Å². The Hall–Kier alpha value is -2.31. The number of benzene rings is 2. The average molecular weight is 412 g/mol. The molecule has 0 radical (unpaired) electrons. The molecular formula is C24H33N3O3. The Bertz CT molecular complexity index is 869. The van der Waals surface area contributed by atoms with Crippen molar-refractivity contribution in [2.45, 2.75) is 32.2 Å². The molecule has 2 aliphatic heterocycles. The second-order valence-corrected chi connectivity index (χ2v) is 8.50. The van der Waals surface area contributed by atoms with Crippen LogP contribution in [0.2, 0.25) is 0 Å². The van der Waals surface area contributed by atoms with E-state index in [0.717, 1.165) is 74.2 Å². The molecule has 2 aromatic rings. The Morgan fingerprint density at radius 1 is 0.933 bits per heavy atom. The van der Waals surface area contributed by atoms with Gasteiger partial charge in [-0.1, -0.05) is 25.0 Å². The Kier molecular flexibility index (Phi) is 6.75. The number of methoxy groups -OCH3 is 1. The molecule has 0 aliphatic carbocycles. The van der Waals surface area contributed by atoms with Crippen LogP contribution in [0.5, 0.6) is 11.5 Å². The molecule has 2 aromatic carbocycles. The second kappa shape index (κ2) is 9.67. The number of fused-ring (bicyclic) bond motifs is 1. The Morgan fingerprint density at radius 3 is 2.30 bits per heavy atom. The maximum Gasteiger partial charge on any atom is 0.236 e. The third kappa shape index (κ3) is 4.87. The molecule has 0 unspecified atom stereocenters. The predicted molar refractivity (Wildman–Crippen MR) is 119 cm³/mol. The van der Waals surface area contributed by atoms with Gasteiger partial charge in [-0.2, -0.15) is 0 Å². The van der Waals surface area contributed by atoms with Crippen LogP contribution in [0, 0.1) is 0 Å². The standard InChI is InChI=1S/C24H33N3O3/c1-30-20-8-6-19-7-9-23(28)22(21(19)16-20)17-25-12-14-26(15-13-25)18-24(29)27-10-4-2-3-5-11-27/h6-9,16,28H,2-5,10-15,17-18H2,1H3. The number of likely N-dealkylation sites (tertiary alicyclic amines) is 1. The van der Waals surface area contributed by atoms with Crippen LogP contribution in [0.1, 0.15) is 31.2 Å². The zero-order valence-corrected chi connectivity index (χ0v) is 18.0. The Balaban J connectivity index is 1.36. The summed E-state index contributed by atoms with van der Waals surface area (Å²) in [5.74, 6) is 1.41. The largest absolute Gasteiger partial charge is 0.508 e. The number of amides is 1. The van der Waals surface area contributed by atoms with E-state index in [1.807, 2.05) is 24.3 Å². The Morgan fingerprint density at radius 2 is 1.60 bits per heavy atom. The molecule has 6 nitrogen and oxygen atoms in total. The van der Waals surface area contributed by atoms with Crippen molar-refractivity contribution < 1.29 is 14.6 Å². The summed E-state index contributed by atoms with van der Waals surface area (Å²) in [6.45, 7) is 6.63. The summed E-state index contributed by atoms with van der Waals surface area (Å²) in [6.07, 6.45) is 4.77. The number of hydrogen-bond donors (Lipinski definition) is 1. The average Bonchev–Trinajstić information content (AvgIpc) is 3.06. The van der Waals surface area contributed by atoms with Gasteiger partial charge in [-0.25, -0.2) is 0 Å². The van der Waals surface area contributed by atoms with E-state index in [1.165, 1.54) is 12.8 Å². The maximum absolute atomic E-state index is 12.7. The van der Waals surface area contributed by atoms with Crippen LogP contribution in [0.15, 0.2) is 30.3 Å². The number of phenols is 1. The first-order valence-electron chi connectivity index (χ1n) is 11.1. The van der Waals surface area contributed by atoms with Gasteiger partial charge >= 0.3 is 0 Å². The number of carbonyl (C=O) groups is 1. The number of aromatic hydroxyl groups is 1. The highest BCUT2D eigenvalue weighted by Gasteiger charge is 2.23. The maximum atomic E-state index is 12.7. The molecule has 0 spiro atoms. The van der Waals surface area contributed by atoms with Crippen molar-refractivity contribution in [1.82, 2.24) is 14.7 Å². The number of ether oxygens (including phenoxy) is 1. The SMILES string of the molecule is COc1ccc2ccc(O)c(CN3CCN(CC(=O)N4CCCCCC4)CC3)c2c1. The minimum atomic E-state index is 0.282. The molecule has 0 bridgehead atoms. The number of carbonyl (C=O) groups excluding carboxylic acids is 1. The van der Waals surface area contributed by atoms with Crippen LogP contribution >= 0.6 is 0 Å². The number of hydrogen-bond acceptors (Lipinski definition) is 5. The first-order chi connectivity index (χ1) is 14.6. The second-order valence-electron chi connectivity index (χ2n) is 8.50. The third-order valence-electron chi connectivity index (χ3n) is 6.48. The van der Waals surface area contributed by atoms with Crippen LogP contribution in [0.4, 0.5) is 0 Å². The topological polar surface area (TPSA) is 56.3 Å². The monoisotopic (exact) mass is 411 g/mol. The van der Waals surface area contributed by atoms with E-state index in [0.29, 0.717) is 18.8 Å². The van der Waals surface area contributed by atoms with Gasteiger partial charge in [0.25, 0.3) is 0 Å². The number of rotatable bonds is 5. The fourth-order valence-corrected chi connectivity index (χ4v) is 4.58. The van der Waals surface area contributed by atoms with E-state index in [4.69, 9.17) is 4.74 Å². The van der Waals surface area contributed by atoms with Crippen molar-refractivity contribution in [2.75, 3.05) is 52.9 Å². The van der Waals surface area contributed by atoms with E-state index in [1.54, 1.807) is 13.2 Å². The highest BCUT2D eigenvalue weighted by atomic mass is 16.5. The lowest BCUT2D eigenvalue weighted by Gasteiger charge is -2.35. The van der Waals surface area contributed by atoms with Crippen LogP contribution in [-0.2, 0) is 11.3 Å². The predicted octanol–water partition coefficient (Wildman–Crippen LogP) is 3.07. The van der Waals surface area contributed by atoms with Gasteiger partial charge in [0.2, 0.25) is 5.91 Å². The lowest BCUT2D eigenvalue weighted by molar-refractivity contribution is -0.132. The molecule has 2 fully saturated rings. The van der Waals surface area contributed by atoms with Gasteiger partial charge < -0.3 is 14.7 Å². The van der Waals surface area contributed by atoms with Crippen LogP contribution in [-0.4, -0.2) is 78.6 Å². The van der Waals surface area contributed by atoms with E-state index in [9.17, 15) is 9.90 Å². The summed E-state index contributed by atoms with van der Waals surface area (Å²) in [7, 11) is 1.66. The molecule has 0 atom stereocenters. The lowest BCUT2D eigenvalue weighted by atomic mass is 10.0. The number of nitrogens with zero attached hydrogens (tertiary/aromatic N) is 3. The molecule has 1 N–H and O–H groups in total. The van der Waals surface area contributed by atoms with Gasteiger partial charge in [-0.3, -0.25) is 14.6 Å². The quantitative estimate of drug-likeness (QED) is 0.820. The highest BCUT2D eigenvalue weighted by Crippen LogP contribution is 2.31. The van der Waals surface area contributed by atoms with Crippen LogP contribution < -0.4 is 4.74 Å². The summed E-state index contributed by atoms with van der Waals surface area (Å²) in [5, 5.41) is 12.7. The fourth-order valence-electron chi connectivity index (χ4n) is 4.58. The van der Waals surface area contributed by atoms with E-state index in [2.05, 4.69) is 14.7 Å². The molecule has 2 heterocycles. The summed E-state index contributed by atoms with van der Waals surface area (Å²) in [4.78, 5) is 19.4. The van der Waals surface area contributed by atoms with E-state index >= 15 is 0 Å².